The summed E-state index contributed by atoms with van der Waals surface area (Å²) in [5.41, 5.74) is 7.67. The summed E-state index contributed by atoms with van der Waals surface area (Å²) in [4.78, 5) is 0. The molecule has 1 aromatic heterocycles. The molecule has 5 nitrogen and oxygen atoms in total. The Morgan fingerprint density at radius 3 is 2.28 bits per heavy atom. The topological polar surface area (TPSA) is 46.9 Å². The van der Waals surface area contributed by atoms with Gasteiger partial charge in [-0.05, 0) is 67.5 Å². The van der Waals surface area contributed by atoms with E-state index < -0.39 is 0 Å². The highest BCUT2D eigenvalue weighted by molar-refractivity contribution is 5.94. The van der Waals surface area contributed by atoms with Gasteiger partial charge in [0.2, 0.25) is 5.62 Å². The third-order valence-electron chi connectivity index (χ3n) is 5.87. The molecule has 0 aliphatic carbocycles. The van der Waals surface area contributed by atoms with Crippen LogP contribution in [0.3, 0.4) is 0 Å². The molecule has 0 spiro atoms. The van der Waals surface area contributed by atoms with Gasteiger partial charge < -0.3 is 4.57 Å². The Hall–Kier alpha value is -3.47. The summed E-state index contributed by atoms with van der Waals surface area (Å²) in [6, 6.07) is 16.8. The number of imidazole rings is 1. The number of unbranched alkanes of at least 4 members (excludes halogenated alkanes) is 1. The maximum atomic E-state index is 4.62. The van der Waals surface area contributed by atoms with Crippen LogP contribution in [-0.2, 0) is 6.54 Å². The van der Waals surface area contributed by atoms with Gasteiger partial charge in [-0.25, -0.2) is 0 Å². The van der Waals surface area contributed by atoms with Gasteiger partial charge in [0.25, 0.3) is 0 Å². The molecule has 0 fully saturated rings. The zero-order chi connectivity index (χ0) is 22.7. The smallest absolute Gasteiger partial charge is 0.236 e. The van der Waals surface area contributed by atoms with Gasteiger partial charge in [-0.3, -0.25) is 4.57 Å². The predicted octanol–water partition coefficient (Wildman–Crippen LogP) is 7.07. The molecule has 0 saturated heterocycles. The predicted molar refractivity (Wildman–Crippen MR) is 132 cm³/mol. The van der Waals surface area contributed by atoms with Gasteiger partial charge in [0, 0.05) is 24.3 Å². The van der Waals surface area contributed by atoms with Crippen LogP contribution >= 0.6 is 0 Å². The van der Waals surface area contributed by atoms with Crippen molar-refractivity contribution in [3.8, 4) is 5.69 Å². The molecular formula is C27H31N5. The monoisotopic (exact) mass is 425 g/mol. The summed E-state index contributed by atoms with van der Waals surface area (Å²) in [5.74, 6) is 0. The van der Waals surface area contributed by atoms with Crippen molar-refractivity contribution in [2.75, 3.05) is 0 Å². The Labute approximate surface area is 189 Å². The molecule has 0 unspecified atom stereocenters. The van der Waals surface area contributed by atoms with Crippen molar-refractivity contribution in [1.29, 1.82) is 0 Å². The van der Waals surface area contributed by atoms with Crippen LogP contribution in [0.15, 0.2) is 76.4 Å². The molecule has 0 saturated carbocycles. The zero-order valence-corrected chi connectivity index (χ0v) is 19.6. The lowest BCUT2D eigenvalue weighted by atomic mass is 10.0. The standard InChI is InChI=1S/C27H31N5/c1-6-7-14-31-15-16-32(26-21(4)17-19(2)18-22(26)5)27(31)29-30-28-24-13-9-12-23-11-8-10-20(3)25(23)24/h8-13,15-18H,6-7,14H2,1-5H3/b29-27-,30-28?. The summed E-state index contributed by atoms with van der Waals surface area (Å²) in [5, 5.41) is 15.7. The lowest BCUT2D eigenvalue weighted by Crippen LogP contribution is -2.25. The van der Waals surface area contributed by atoms with Crippen molar-refractivity contribution in [3.63, 3.8) is 0 Å². The molecule has 4 rings (SSSR count). The highest BCUT2D eigenvalue weighted by atomic mass is 15.4. The minimum absolute atomic E-state index is 0.786. The van der Waals surface area contributed by atoms with Gasteiger partial charge in [0.15, 0.2) is 0 Å². The van der Waals surface area contributed by atoms with E-state index in [1.807, 2.05) is 12.1 Å². The molecule has 32 heavy (non-hydrogen) atoms. The second-order valence-corrected chi connectivity index (χ2v) is 8.50. The quantitative estimate of drug-likeness (QED) is 0.234. The lowest BCUT2D eigenvalue weighted by molar-refractivity contribution is 0.592. The van der Waals surface area contributed by atoms with E-state index >= 15 is 0 Å². The number of hydrogen-bond donors (Lipinski definition) is 0. The van der Waals surface area contributed by atoms with E-state index in [9.17, 15) is 0 Å². The van der Waals surface area contributed by atoms with Crippen molar-refractivity contribution in [2.45, 2.75) is 54.0 Å². The van der Waals surface area contributed by atoms with Gasteiger partial charge in [-0.2, -0.15) is 0 Å². The van der Waals surface area contributed by atoms with Crippen molar-refractivity contribution in [3.05, 3.63) is 88.8 Å². The van der Waals surface area contributed by atoms with Crippen molar-refractivity contribution >= 4 is 16.5 Å². The minimum atomic E-state index is 0.786. The number of rotatable bonds is 6. The van der Waals surface area contributed by atoms with E-state index in [0.29, 0.717) is 0 Å². The first-order chi connectivity index (χ1) is 15.5. The SMILES string of the molecule is CCCCn1ccn(-c2c(C)cc(C)cc2C)/c1=N\N=Nc1cccc2cccc(C)c12. The third kappa shape index (κ3) is 4.28. The average molecular weight is 426 g/mol. The van der Waals surface area contributed by atoms with Crippen molar-refractivity contribution < 1.29 is 0 Å². The molecule has 4 aromatic rings. The molecule has 0 bridgehead atoms. The van der Waals surface area contributed by atoms with Crippen LogP contribution in [0.2, 0.25) is 0 Å². The number of nitrogens with zero attached hydrogens (tertiary/aromatic N) is 5. The molecule has 5 heteroatoms. The largest absolute Gasteiger partial charge is 0.315 e. The molecule has 3 aromatic carbocycles. The summed E-state index contributed by atoms with van der Waals surface area (Å²) in [7, 11) is 0. The van der Waals surface area contributed by atoms with Crippen LogP contribution in [0, 0.1) is 27.7 Å². The highest BCUT2D eigenvalue weighted by Crippen LogP contribution is 2.29. The first-order valence-electron chi connectivity index (χ1n) is 11.3. The normalized spacial score (nSPS) is 12.3. The maximum absolute atomic E-state index is 4.62. The zero-order valence-electron chi connectivity index (χ0n) is 19.6. The van der Waals surface area contributed by atoms with Gasteiger partial charge in [0.1, 0.15) is 0 Å². The number of fused-ring (bicyclic) bond motifs is 1. The Balaban J connectivity index is 1.84. The lowest BCUT2D eigenvalue weighted by Gasteiger charge is -2.12. The third-order valence-corrected chi connectivity index (χ3v) is 5.87. The summed E-state index contributed by atoms with van der Waals surface area (Å²) in [6.45, 7) is 11.6. The maximum Gasteiger partial charge on any atom is 0.236 e. The van der Waals surface area contributed by atoms with Gasteiger partial charge in [-0.15, -0.1) is 5.11 Å². The fourth-order valence-corrected chi connectivity index (χ4v) is 4.45. The Kier molecular flexibility index (Phi) is 6.35. The number of aromatic nitrogens is 2. The summed E-state index contributed by atoms with van der Waals surface area (Å²) >= 11 is 0. The second kappa shape index (κ2) is 9.35. The molecule has 164 valence electrons. The van der Waals surface area contributed by atoms with Crippen molar-refractivity contribution in [2.24, 2.45) is 15.4 Å². The van der Waals surface area contributed by atoms with Crippen LogP contribution in [0.25, 0.3) is 16.5 Å². The van der Waals surface area contributed by atoms with E-state index in [1.165, 1.54) is 22.3 Å². The van der Waals surface area contributed by atoms with Crippen LogP contribution in [0.4, 0.5) is 5.69 Å². The Morgan fingerprint density at radius 2 is 1.56 bits per heavy atom. The van der Waals surface area contributed by atoms with Gasteiger partial charge >= 0.3 is 0 Å². The van der Waals surface area contributed by atoms with E-state index in [0.717, 1.165) is 47.2 Å². The summed E-state index contributed by atoms with van der Waals surface area (Å²) in [6.07, 6.45) is 6.38. The molecule has 0 radical (unpaired) electrons. The first-order valence-corrected chi connectivity index (χ1v) is 11.3. The second-order valence-electron chi connectivity index (χ2n) is 8.50. The molecular weight excluding hydrogens is 394 g/mol. The van der Waals surface area contributed by atoms with E-state index in [1.54, 1.807) is 0 Å². The Bertz CT molecular complexity index is 1330. The molecule has 0 amide bonds. The van der Waals surface area contributed by atoms with Crippen LogP contribution in [0.1, 0.15) is 42.0 Å². The number of benzene rings is 3. The fraction of sp³-hybridized carbons (Fsp3) is 0.296. The van der Waals surface area contributed by atoms with Gasteiger partial charge in [0.05, 0.1) is 11.4 Å². The average Bonchev–Trinajstić information content (AvgIpc) is 3.14. The van der Waals surface area contributed by atoms with Crippen LogP contribution in [-0.4, -0.2) is 9.13 Å². The number of aryl methyl sites for hydroxylation is 5. The van der Waals surface area contributed by atoms with Crippen LogP contribution < -0.4 is 5.62 Å². The van der Waals surface area contributed by atoms with Gasteiger partial charge in [-0.1, -0.05) is 66.5 Å². The number of hydrogen-bond acceptors (Lipinski definition) is 2. The van der Waals surface area contributed by atoms with E-state index in [-0.39, 0.29) is 0 Å². The van der Waals surface area contributed by atoms with Crippen molar-refractivity contribution in [1.82, 2.24) is 9.13 Å². The fourth-order valence-electron chi connectivity index (χ4n) is 4.45. The minimum Gasteiger partial charge on any atom is -0.315 e. The molecule has 0 N–H and O–H groups in total. The highest BCUT2D eigenvalue weighted by Gasteiger charge is 2.10. The Morgan fingerprint density at radius 1 is 0.844 bits per heavy atom. The molecule has 0 atom stereocenters. The first kappa shape index (κ1) is 21.8. The van der Waals surface area contributed by atoms with E-state index in [4.69, 9.17) is 0 Å². The molecule has 0 aliphatic rings. The summed E-state index contributed by atoms with van der Waals surface area (Å²) < 4.78 is 4.29. The molecule has 0 aliphatic heterocycles. The molecule has 1 heterocycles. The van der Waals surface area contributed by atoms with Crippen LogP contribution in [0.5, 0.6) is 0 Å². The van der Waals surface area contributed by atoms with E-state index in [2.05, 4.69) is 108 Å².